The highest BCUT2D eigenvalue weighted by Crippen LogP contribution is 2.55. The highest BCUT2D eigenvalue weighted by molar-refractivity contribution is 6.24. The number of hydrogen-bond acceptors (Lipinski definition) is 9. The van der Waals surface area contributed by atoms with Crippen molar-refractivity contribution in [2.75, 3.05) is 27.2 Å². The van der Waals surface area contributed by atoms with E-state index in [1.807, 2.05) is 18.7 Å². The van der Waals surface area contributed by atoms with Crippen LogP contribution in [0.2, 0.25) is 0 Å². The summed E-state index contributed by atoms with van der Waals surface area (Å²) in [5, 5.41) is 45.0. The second-order valence-electron chi connectivity index (χ2n) is 12.7. The van der Waals surface area contributed by atoms with E-state index in [0.717, 1.165) is 6.07 Å². The minimum absolute atomic E-state index is 0.121. The van der Waals surface area contributed by atoms with Crippen LogP contribution in [0.1, 0.15) is 66.2 Å². The van der Waals surface area contributed by atoms with E-state index in [1.54, 1.807) is 0 Å². The molecule has 234 valence electrons. The van der Waals surface area contributed by atoms with Crippen molar-refractivity contribution in [3.63, 3.8) is 0 Å². The van der Waals surface area contributed by atoms with Gasteiger partial charge >= 0.3 is 6.18 Å². The SMILES string of the molecule is CC(C)CN1CCCC1c1cc(O)c2c(c1C(F)(F)F)C[C@H]1C[C@H]3[C@H](N(C)C)C(O)=C(C(N)=O)C(=O)[C@@]3(O)C(O)=C1C2=O. The van der Waals surface area contributed by atoms with Gasteiger partial charge in [0.15, 0.2) is 11.4 Å². The Morgan fingerprint density at radius 2 is 1.86 bits per heavy atom. The number of ketones is 2. The van der Waals surface area contributed by atoms with Crippen molar-refractivity contribution in [2.24, 2.45) is 23.5 Å². The minimum Gasteiger partial charge on any atom is -0.510 e. The van der Waals surface area contributed by atoms with Crippen molar-refractivity contribution in [1.29, 1.82) is 0 Å². The molecule has 1 aliphatic heterocycles. The van der Waals surface area contributed by atoms with E-state index < -0.39 is 105 Å². The molecule has 43 heavy (non-hydrogen) atoms. The Balaban J connectivity index is 1.72. The number of primary amides is 1. The number of nitrogens with zero attached hydrogens (tertiary/aromatic N) is 2. The predicted octanol–water partition coefficient (Wildman–Crippen LogP) is 2.93. The first kappa shape index (κ1) is 31.0. The number of rotatable bonds is 5. The molecule has 13 heteroatoms. The monoisotopic (exact) mass is 607 g/mol. The number of nitrogens with two attached hydrogens (primary N) is 1. The normalized spacial score (nSPS) is 29.8. The Kier molecular flexibility index (Phi) is 7.46. The molecule has 1 aromatic rings. The summed E-state index contributed by atoms with van der Waals surface area (Å²) in [5.41, 5.74) is -1.18. The molecule has 5 atom stereocenters. The van der Waals surface area contributed by atoms with Gasteiger partial charge in [-0.1, -0.05) is 13.8 Å². The van der Waals surface area contributed by atoms with Crippen molar-refractivity contribution in [2.45, 2.75) is 63.4 Å². The number of allylic oxidation sites excluding steroid dienone is 1. The number of phenols is 1. The third-order valence-corrected chi connectivity index (χ3v) is 9.36. The molecule has 1 heterocycles. The van der Waals surface area contributed by atoms with Gasteiger partial charge in [-0.25, -0.2) is 0 Å². The van der Waals surface area contributed by atoms with Crippen molar-refractivity contribution >= 4 is 17.5 Å². The van der Waals surface area contributed by atoms with Gasteiger partial charge in [-0.15, -0.1) is 0 Å². The van der Waals surface area contributed by atoms with E-state index in [4.69, 9.17) is 5.73 Å². The summed E-state index contributed by atoms with van der Waals surface area (Å²) in [6, 6.07) is -0.896. The zero-order chi connectivity index (χ0) is 31.9. The van der Waals surface area contributed by atoms with E-state index in [2.05, 4.69) is 0 Å². The van der Waals surface area contributed by atoms with Crippen molar-refractivity contribution < 1.29 is 48.0 Å². The van der Waals surface area contributed by atoms with Gasteiger partial charge in [0.2, 0.25) is 5.78 Å². The third-order valence-electron chi connectivity index (χ3n) is 9.36. The zero-order valence-corrected chi connectivity index (χ0v) is 24.3. The van der Waals surface area contributed by atoms with E-state index in [1.165, 1.54) is 19.0 Å². The number of phenolic OH excluding ortho intramolecular Hbond substituents is 1. The van der Waals surface area contributed by atoms with Crippen LogP contribution in [0.5, 0.6) is 5.75 Å². The van der Waals surface area contributed by atoms with Gasteiger partial charge in [0, 0.05) is 24.1 Å². The maximum atomic E-state index is 14.9. The lowest BCUT2D eigenvalue weighted by Crippen LogP contribution is -2.63. The summed E-state index contributed by atoms with van der Waals surface area (Å²) in [7, 11) is 2.95. The van der Waals surface area contributed by atoms with E-state index in [-0.39, 0.29) is 17.9 Å². The second kappa shape index (κ2) is 10.3. The van der Waals surface area contributed by atoms with Crippen LogP contribution in [0.3, 0.4) is 0 Å². The molecule has 1 fully saturated rings. The van der Waals surface area contributed by atoms with Gasteiger partial charge < -0.3 is 26.2 Å². The van der Waals surface area contributed by atoms with Crippen LogP contribution in [0, 0.1) is 17.8 Å². The van der Waals surface area contributed by atoms with Crippen LogP contribution >= 0.6 is 0 Å². The molecule has 6 N–H and O–H groups in total. The summed E-state index contributed by atoms with van der Waals surface area (Å²) < 4.78 is 44.7. The maximum Gasteiger partial charge on any atom is 0.417 e. The zero-order valence-electron chi connectivity index (χ0n) is 24.3. The molecule has 1 aromatic carbocycles. The summed E-state index contributed by atoms with van der Waals surface area (Å²) in [5.74, 6) is -8.74. The number of alkyl halides is 3. The van der Waals surface area contributed by atoms with Crippen LogP contribution in [-0.2, 0) is 22.2 Å². The fourth-order valence-corrected chi connectivity index (χ4v) is 7.82. The average Bonchev–Trinajstić information content (AvgIpc) is 3.32. The molecule has 0 aromatic heterocycles. The lowest BCUT2D eigenvalue weighted by Gasteiger charge is -2.50. The standard InChI is InChI=1S/C30H36F3N3O7/c1-12(2)11-36-7-5-6-17(36)14-10-18(37)20-15(22(14)30(31,32)33)8-13-9-16-23(35(3)4)25(39)21(28(34)42)27(41)29(16,43)26(40)19(13)24(20)38/h10,12-13,16-17,23,37,39-40,43H,5-9,11H2,1-4H3,(H2,34,42)/t13-,16-,17?,23-,29-/m0/s1. The van der Waals surface area contributed by atoms with Crippen LogP contribution in [0.15, 0.2) is 28.7 Å². The molecule has 10 nitrogen and oxygen atoms in total. The molecule has 3 aliphatic carbocycles. The average molecular weight is 608 g/mol. The first-order valence-corrected chi connectivity index (χ1v) is 14.3. The Morgan fingerprint density at radius 3 is 2.42 bits per heavy atom. The lowest BCUT2D eigenvalue weighted by atomic mass is 9.58. The number of aromatic hydroxyl groups is 1. The number of likely N-dealkylation sites (N-methyl/N-ethyl adjacent to an activating group) is 1. The molecule has 4 aliphatic rings. The first-order chi connectivity index (χ1) is 19.9. The molecular formula is C30H36F3N3O7. The van der Waals surface area contributed by atoms with Crippen molar-refractivity contribution in [3.05, 3.63) is 51.0 Å². The number of likely N-dealkylation sites (tertiary alicyclic amines) is 1. The number of halogens is 3. The lowest BCUT2D eigenvalue weighted by molar-refractivity contribution is -0.148. The molecule has 1 amide bonds. The Hall–Kier alpha value is -3.42. The smallest absolute Gasteiger partial charge is 0.417 e. The summed E-state index contributed by atoms with van der Waals surface area (Å²) in [6.45, 7) is 5.06. The number of aliphatic hydroxyl groups excluding tert-OH is 2. The fourth-order valence-electron chi connectivity index (χ4n) is 7.82. The van der Waals surface area contributed by atoms with Gasteiger partial charge in [-0.3, -0.25) is 24.2 Å². The molecule has 0 bridgehead atoms. The predicted molar refractivity (Wildman–Crippen MR) is 147 cm³/mol. The number of amides is 1. The van der Waals surface area contributed by atoms with Crippen LogP contribution < -0.4 is 5.73 Å². The topological polar surface area (TPSA) is 165 Å². The van der Waals surface area contributed by atoms with E-state index in [9.17, 15) is 48.0 Å². The fraction of sp³-hybridized carbons (Fsp3) is 0.567. The van der Waals surface area contributed by atoms with Crippen molar-refractivity contribution in [1.82, 2.24) is 9.80 Å². The number of aliphatic hydroxyl groups is 3. The number of fused-ring (bicyclic) bond motifs is 3. The Morgan fingerprint density at radius 1 is 1.21 bits per heavy atom. The number of benzene rings is 1. The second-order valence-corrected chi connectivity index (χ2v) is 12.7. The minimum atomic E-state index is -4.89. The number of carbonyl (C=O) groups is 3. The van der Waals surface area contributed by atoms with Crippen LogP contribution in [0.25, 0.3) is 0 Å². The van der Waals surface area contributed by atoms with Crippen LogP contribution in [-0.4, -0.2) is 86.5 Å². The van der Waals surface area contributed by atoms with Gasteiger partial charge in [0.25, 0.3) is 5.91 Å². The van der Waals surface area contributed by atoms with Gasteiger partial charge in [-0.05, 0) is 75.4 Å². The molecule has 5 rings (SSSR count). The molecular weight excluding hydrogens is 571 g/mol. The molecule has 0 radical (unpaired) electrons. The van der Waals surface area contributed by atoms with Gasteiger partial charge in [0.05, 0.1) is 17.2 Å². The number of carbonyl (C=O) groups excluding carboxylic acids is 3. The molecule has 0 saturated carbocycles. The highest BCUT2D eigenvalue weighted by atomic mass is 19.4. The quantitative estimate of drug-likeness (QED) is 0.317. The Labute approximate surface area is 246 Å². The summed E-state index contributed by atoms with van der Waals surface area (Å²) in [6.07, 6.45) is -4.51. The molecule has 1 unspecified atom stereocenters. The third kappa shape index (κ3) is 4.54. The van der Waals surface area contributed by atoms with E-state index >= 15 is 0 Å². The van der Waals surface area contributed by atoms with Gasteiger partial charge in [0.1, 0.15) is 22.8 Å². The van der Waals surface area contributed by atoms with E-state index in [0.29, 0.717) is 25.9 Å². The maximum absolute atomic E-state index is 14.9. The summed E-state index contributed by atoms with van der Waals surface area (Å²) in [4.78, 5) is 42.7. The largest absolute Gasteiger partial charge is 0.510 e. The first-order valence-electron chi connectivity index (χ1n) is 14.3. The number of Topliss-reactive ketones (excluding diaryl/α,β-unsaturated/α-hetero) is 2. The van der Waals surface area contributed by atoms with Crippen LogP contribution in [0.4, 0.5) is 13.2 Å². The van der Waals surface area contributed by atoms with Crippen molar-refractivity contribution in [3.8, 4) is 5.75 Å². The Bertz CT molecular complexity index is 1480. The molecule has 1 saturated heterocycles. The number of hydrogen-bond donors (Lipinski definition) is 5. The summed E-state index contributed by atoms with van der Waals surface area (Å²) >= 11 is 0. The molecule has 0 spiro atoms. The van der Waals surface area contributed by atoms with Gasteiger partial charge in [-0.2, -0.15) is 13.2 Å². The highest BCUT2D eigenvalue weighted by Gasteiger charge is 2.63.